The molecule has 1 N–H and O–H groups in total. The first-order chi connectivity index (χ1) is 15.5. The van der Waals surface area contributed by atoms with Gasteiger partial charge in [-0.25, -0.2) is 4.90 Å². The molecule has 0 aromatic heterocycles. The van der Waals surface area contributed by atoms with Crippen molar-refractivity contribution in [2.24, 2.45) is 0 Å². The highest BCUT2D eigenvalue weighted by Crippen LogP contribution is 2.38. The Bertz CT molecular complexity index is 1250. The van der Waals surface area contributed by atoms with Gasteiger partial charge in [-0.3, -0.25) is 9.59 Å². The topological polar surface area (TPSA) is 67.9 Å². The molecule has 0 unspecified atom stereocenters. The highest BCUT2D eigenvalue weighted by molar-refractivity contribution is 6.46. The van der Waals surface area contributed by atoms with Crippen molar-refractivity contribution < 1.29 is 19.1 Å². The van der Waals surface area contributed by atoms with Crippen molar-refractivity contribution in [3.05, 3.63) is 88.6 Å². The van der Waals surface area contributed by atoms with Crippen LogP contribution in [0.4, 0.5) is 11.4 Å². The maximum atomic E-state index is 13.6. The summed E-state index contributed by atoms with van der Waals surface area (Å²) in [5, 5.41) is 3.71. The standard InChI is InChI=1S/C25H21ClN2O4/c1-15-19(26)11-7-12-20(15)27-23-22(18-10-4-5-13-21(18)32-3)24(29)28(25(23)30)16-8-6-9-17(14-16)31-2/h4-14,27H,1-3H3. The number of amides is 2. The number of nitrogens with zero attached hydrogens (tertiary/aromatic N) is 1. The van der Waals surface area contributed by atoms with Crippen LogP contribution in [0.3, 0.4) is 0 Å². The number of nitrogens with one attached hydrogen (secondary N) is 1. The van der Waals surface area contributed by atoms with Gasteiger partial charge in [0.15, 0.2) is 0 Å². The van der Waals surface area contributed by atoms with E-state index in [9.17, 15) is 9.59 Å². The van der Waals surface area contributed by atoms with Crippen molar-refractivity contribution in [1.29, 1.82) is 0 Å². The molecule has 3 aromatic carbocycles. The van der Waals surface area contributed by atoms with Gasteiger partial charge in [0.1, 0.15) is 17.2 Å². The van der Waals surface area contributed by atoms with Crippen LogP contribution in [0.15, 0.2) is 72.4 Å². The van der Waals surface area contributed by atoms with Crippen LogP contribution < -0.4 is 19.7 Å². The largest absolute Gasteiger partial charge is 0.497 e. The lowest BCUT2D eigenvalue weighted by Crippen LogP contribution is -2.32. The van der Waals surface area contributed by atoms with Crippen LogP contribution in [-0.4, -0.2) is 26.0 Å². The second kappa shape index (κ2) is 8.77. The van der Waals surface area contributed by atoms with Gasteiger partial charge in [-0.05, 0) is 42.8 Å². The number of imide groups is 1. The summed E-state index contributed by atoms with van der Waals surface area (Å²) in [4.78, 5) is 28.3. The van der Waals surface area contributed by atoms with Crippen molar-refractivity contribution in [2.75, 3.05) is 24.4 Å². The fraction of sp³-hybridized carbons (Fsp3) is 0.120. The summed E-state index contributed by atoms with van der Waals surface area (Å²) in [7, 11) is 3.05. The number of carbonyl (C=O) groups excluding carboxylic acids is 2. The molecule has 3 aromatic rings. The minimum Gasteiger partial charge on any atom is -0.497 e. The van der Waals surface area contributed by atoms with E-state index in [-0.39, 0.29) is 11.3 Å². The zero-order chi connectivity index (χ0) is 22.8. The first-order valence-corrected chi connectivity index (χ1v) is 10.3. The van der Waals surface area contributed by atoms with E-state index in [4.69, 9.17) is 21.1 Å². The predicted octanol–water partition coefficient (Wildman–Crippen LogP) is 5.06. The average molecular weight is 449 g/mol. The summed E-state index contributed by atoms with van der Waals surface area (Å²) in [6, 6.07) is 19.2. The molecule has 0 fully saturated rings. The molecule has 1 heterocycles. The molecular formula is C25H21ClN2O4. The zero-order valence-electron chi connectivity index (χ0n) is 17.8. The van der Waals surface area contributed by atoms with Crippen molar-refractivity contribution >= 4 is 40.4 Å². The SMILES string of the molecule is COc1cccc(N2C(=O)C(Nc3cccc(Cl)c3C)=C(c3ccccc3OC)C2=O)c1. The molecular weight excluding hydrogens is 428 g/mol. The quantitative estimate of drug-likeness (QED) is 0.534. The molecule has 7 heteroatoms. The van der Waals surface area contributed by atoms with Gasteiger partial charge in [-0.15, -0.1) is 0 Å². The number of methoxy groups -OCH3 is 2. The monoisotopic (exact) mass is 448 g/mol. The summed E-state index contributed by atoms with van der Waals surface area (Å²) in [5.74, 6) is 0.0748. The molecule has 0 spiro atoms. The average Bonchev–Trinajstić information content (AvgIpc) is 3.05. The lowest BCUT2D eigenvalue weighted by atomic mass is 10.0. The number of hydrogen-bond acceptors (Lipinski definition) is 5. The molecule has 4 rings (SSSR count). The Morgan fingerprint density at radius 2 is 1.62 bits per heavy atom. The van der Waals surface area contributed by atoms with Gasteiger partial charge in [0, 0.05) is 22.3 Å². The number of ether oxygens (including phenoxy) is 2. The van der Waals surface area contributed by atoms with Gasteiger partial charge in [0.2, 0.25) is 0 Å². The molecule has 1 aliphatic rings. The first kappa shape index (κ1) is 21.5. The minimum atomic E-state index is -0.483. The van der Waals surface area contributed by atoms with E-state index in [0.717, 1.165) is 10.5 Å². The van der Waals surface area contributed by atoms with E-state index in [2.05, 4.69) is 5.32 Å². The number of halogens is 1. The van der Waals surface area contributed by atoms with E-state index in [1.807, 2.05) is 6.92 Å². The van der Waals surface area contributed by atoms with Crippen LogP contribution in [0.25, 0.3) is 5.57 Å². The van der Waals surface area contributed by atoms with Gasteiger partial charge in [0.25, 0.3) is 11.8 Å². The molecule has 6 nitrogen and oxygen atoms in total. The van der Waals surface area contributed by atoms with Crippen LogP contribution >= 0.6 is 11.6 Å². The maximum absolute atomic E-state index is 13.6. The number of hydrogen-bond donors (Lipinski definition) is 1. The molecule has 0 bridgehead atoms. The Kier molecular flexibility index (Phi) is 5.88. The van der Waals surface area contributed by atoms with Crippen molar-refractivity contribution in [1.82, 2.24) is 0 Å². The van der Waals surface area contributed by atoms with Crippen LogP contribution in [0.2, 0.25) is 5.02 Å². The van der Waals surface area contributed by atoms with Crippen molar-refractivity contribution in [3.63, 3.8) is 0 Å². The molecule has 1 aliphatic heterocycles. The normalized spacial score (nSPS) is 13.6. The molecule has 0 radical (unpaired) electrons. The van der Waals surface area contributed by atoms with E-state index in [0.29, 0.717) is 33.5 Å². The van der Waals surface area contributed by atoms with Gasteiger partial charge >= 0.3 is 0 Å². The summed E-state index contributed by atoms with van der Waals surface area (Å²) < 4.78 is 10.7. The Balaban J connectivity index is 1.89. The van der Waals surface area contributed by atoms with Gasteiger partial charge in [0.05, 0.1) is 25.5 Å². The van der Waals surface area contributed by atoms with Crippen LogP contribution in [0.5, 0.6) is 11.5 Å². The third kappa shape index (κ3) is 3.69. The summed E-state index contributed by atoms with van der Waals surface area (Å²) in [6.45, 7) is 1.84. The van der Waals surface area contributed by atoms with Crippen LogP contribution in [0, 0.1) is 6.92 Å². The van der Waals surface area contributed by atoms with Crippen LogP contribution in [0.1, 0.15) is 11.1 Å². The second-order valence-electron chi connectivity index (χ2n) is 7.13. The highest BCUT2D eigenvalue weighted by atomic mass is 35.5. The number of anilines is 2. The highest BCUT2D eigenvalue weighted by Gasteiger charge is 2.41. The van der Waals surface area contributed by atoms with E-state index in [1.54, 1.807) is 66.7 Å². The molecule has 0 aliphatic carbocycles. The lowest BCUT2D eigenvalue weighted by Gasteiger charge is -2.16. The number of para-hydroxylation sites is 1. The Hall–Kier alpha value is -3.77. The summed E-state index contributed by atoms with van der Waals surface area (Å²) >= 11 is 6.27. The third-order valence-corrected chi connectivity index (χ3v) is 5.71. The number of benzene rings is 3. The molecule has 162 valence electrons. The van der Waals surface area contributed by atoms with E-state index in [1.165, 1.54) is 14.2 Å². The molecule has 0 atom stereocenters. The lowest BCUT2D eigenvalue weighted by molar-refractivity contribution is -0.120. The Morgan fingerprint density at radius 3 is 2.38 bits per heavy atom. The van der Waals surface area contributed by atoms with Crippen molar-refractivity contribution in [2.45, 2.75) is 6.92 Å². The zero-order valence-corrected chi connectivity index (χ0v) is 18.6. The molecule has 0 saturated carbocycles. The van der Waals surface area contributed by atoms with E-state index < -0.39 is 11.8 Å². The van der Waals surface area contributed by atoms with Gasteiger partial charge in [-0.1, -0.05) is 41.9 Å². The van der Waals surface area contributed by atoms with Crippen molar-refractivity contribution in [3.8, 4) is 11.5 Å². The Morgan fingerprint density at radius 1 is 0.875 bits per heavy atom. The van der Waals surface area contributed by atoms with Crippen LogP contribution in [-0.2, 0) is 9.59 Å². The van der Waals surface area contributed by atoms with Gasteiger partial charge in [-0.2, -0.15) is 0 Å². The van der Waals surface area contributed by atoms with Gasteiger partial charge < -0.3 is 14.8 Å². The predicted molar refractivity (Wildman–Crippen MR) is 125 cm³/mol. The first-order valence-electron chi connectivity index (χ1n) is 9.89. The molecule has 32 heavy (non-hydrogen) atoms. The Labute approximate surface area is 191 Å². The minimum absolute atomic E-state index is 0.146. The maximum Gasteiger partial charge on any atom is 0.282 e. The molecule has 2 amide bonds. The number of rotatable bonds is 6. The van der Waals surface area contributed by atoms with E-state index >= 15 is 0 Å². The summed E-state index contributed by atoms with van der Waals surface area (Å²) in [5.41, 5.74) is 2.68. The molecule has 0 saturated heterocycles. The third-order valence-electron chi connectivity index (χ3n) is 5.30. The fourth-order valence-corrected chi connectivity index (χ4v) is 3.78. The summed E-state index contributed by atoms with van der Waals surface area (Å²) in [6.07, 6.45) is 0. The number of carbonyl (C=O) groups is 2. The smallest absolute Gasteiger partial charge is 0.282 e. The fourth-order valence-electron chi connectivity index (χ4n) is 3.61. The second-order valence-corrected chi connectivity index (χ2v) is 7.54.